The van der Waals surface area contributed by atoms with E-state index < -0.39 is 5.82 Å². The van der Waals surface area contributed by atoms with Gasteiger partial charge in [0.05, 0.1) is 12.2 Å². The number of likely N-dealkylation sites (tertiary alicyclic amines) is 1. The van der Waals surface area contributed by atoms with Gasteiger partial charge in [-0.05, 0) is 48.9 Å². The first kappa shape index (κ1) is 24.6. The number of hydrogen-bond donors (Lipinski definition) is 1. The molecule has 1 fully saturated rings. The molecule has 0 spiro atoms. The van der Waals surface area contributed by atoms with Crippen molar-refractivity contribution in [1.82, 2.24) is 14.7 Å². The van der Waals surface area contributed by atoms with Gasteiger partial charge in [0.15, 0.2) is 5.82 Å². The molecule has 0 aromatic heterocycles. The maximum Gasteiger partial charge on any atom is 0.260 e. The first-order chi connectivity index (χ1) is 17.5. The molecule has 36 heavy (non-hydrogen) atoms. The van der Waals surface area contributed by atoms with E-state index >= 15 is 4.39 Å². The molecule has 7 nitrogen and oxygen atoms in total. The number of carbonyl (C=O) groups excluding carboxylic acids is 2. The molecule has 0 saturated carbocycles. The number of fused-ring (bicyclic) bond motifs is 2. The quantitative estimate of drug-likeness (QED) is 0.666. The Hall–Kier alpha value is -3.13. The maximum atomic E-state index is 15.6. The summed E-state index contributed by atoms with van der Waals surface area (Å²) in [5, 5.41) is 3.26. The smallest absolute Gasteiger partial charge is 0.260 e. The number of rotatable bonds is 6. The van der Waals surface area contributed by atoms with Crippen LogP contribution < -0.4 is 10.1 Å². The van der Waals surface area contributed by atoms with E-state index in [1.807, 2.05) is 4.90 Å². The van der Waals surface area contributed by atoms with E-state index in [1.165, 1.54) is 11.1 Å². The molecule has 5 rings (SSSR count). The molecular weight excluding hydrogens is 459 g/mol. The summed E-state index contributed by atoms with van der Waals surface area (Å²) in [6.45, 7) is 7.10. The summed E-state index contributed by atoms with van der Waals surface area (Å²) in [5.74, 6) is -0.479. The van der Waals surface area contributed by atoms with Gasteiger partial charge in [-0.1, -0.05) is 24.3 Å². The summed E-state index contributed by atoms with van der Waals surface area (Å²) < 4.78 is 21.4. The van der Waals surface area contributed by atoms with Crippen molar-refractivity contribution in [2.75, 3.05) is 51.2 Å². The summed E-state index contributed by atoms with van der Waals surface area (Å²) >= 11 is 0. The third-order valence-electron chi connectivity index (χ3n) is 7.64. The van der Waals surface area contributed by atoms with E-state index in [-0.39, 0.29) is 23.4 Å². The standard InChI is InChI=1S/C28H35FN4O3/c1-20(34)32-15-10-23(11-16-32)30-24-7-8-25-26(27(24)29)28(35)33(17-18-36-25)13-4-12-31-14-9-21-5-2-3-6-22(21)19-31/h2-3,5-8,23,30H,4,9-19H2,1H3. The van der Waals surface area contributed by atoms with Crippen molar-refractivity contribution in [2.45, 2.75) is 45.2 Å². The average Bonchev–Trinajstić information content (AvgIpc) is 3.05. The zero-order valence-electron chi connectivity index (χ0n) is 21.0. The molecule has 0 aliphatic carbocycles. The van der Waals surface area contributed by atoms with E-state index in [4.69, 9.17) is 4.74 Å². The number of benzene rings is 2. The Bertz CT molecular complexity index is 1120. The van der Waals surface area contributed by atoms with Crippen LogP contribution in [-0.4, -0.2) is 78.4 Å². The SMILES string of the molecule is CC(=O)N1CCC(Nc2ccc3c(c2F)C(=O)N(CCCN2CCc4ccccc4C2)CCO3)CC1. The fourth-order valence-electron chi connectivity index (χ4n) is 5.52. The number of ether oxygens (including phenoxy) is 1. The topological polar surface area (TPSA) is 65.1 Å². The van der Waals surface area contributed by atoms with Gasteiger partial charge < -0.3 is 19.9 Å². The van der Waals surface area contributed by atoms with Crippen LogP contribution in [0.3, 0.4) is 0 Å². The highest BCUT2D eigenvalue weighted by molar-refractivity contribution is 5.98. The van der Waals surface area contributed by atoms with E-state index in [2.05, 4.69) is 34.5 Å². The average molecular weight is 495 g/mol. The van der Waals surface area contributed by atoms with Gasteiger partial charge in [-0.25, -0.2) is 4.39 Å². The molecule has 3 heterocycles. The molecule has 8 heteroatoms. The molecule has 0 bridgehead atoms. The minimum absolute atomic E-state index is 0.0190. The van der Waals surface area contributed by atoms with Crippen molar-refractivity contribution < 1.29 is 18.7 Å². The number of carbonyl (C=O) groups is 2. The largest absolute Gasteiger partial charge is 0.491 e. The van der Waals surface area contributed by atoms with E-state index in [0.717, 1.165) is 45.3 Å². The highest BCUT2D eigenvalue weighted by atomic mass is 19.1. The van der Waals surface area contributed by atoms with Gasteiger partial charge in [-0.15, -0.1) is 0 Å². The number of nitrogens with zero attached hydrogens (tertiary/aromatic N) is 3. The van der Waals surface area contributed by atoms with Gasteiger partial charge in [0.25, 0.3) is 5.91 Å². The van der Waals surface area contributed by atoms with Gasteiger partial charge >= 0.3 is 0 Å². The third-order valence-corrected chi connectivity index (χ3v) is 7.64. The molecule has 2 aromatic carbocycles. The van der Waals surface area contributed by atoms with Crippen molar-refractivity contribution in [2.24, 2.45) is 0 Å². The van der Waals surface area contributed by atoms with Gasteiger partial charge in [-0.2, -0.15) is 0 Å². The van der Waals surface area contributed by atoms with Gasteiger partial charge in [-0.3, -0.25) is 14.5 Å². The number of anilines is 1. The van der Waals surface area contributed by atoms with E-state index in [0.29, 0.717) is 44.2 Å². The second kappa shape index (κ2) is 10.9. The molecule has 1 N–H and O–H groups in total. The van der Waals surface area contributed by atoms with Crippen molar-refractivity contribution >= 4 is 17.5 Å². The molecule has 0 radical (unpaired) electrons. The van der Waals surface area contributed by atoms with Crippen LogP contribution in [-0.2, 0) is 17.8 Å². The monoisotopic (exact) mass is 494 g/mol. The lowest BCUT2D eigenvalue weighted by molar-refractivity contribution is -0.129. The second-order valence-corrected chi connectivity index (χ2v) is 10.0. The fraction of sp³-hybridized carbons (Fsp3) is 0.500. The number of nitrogens with one attached hydrogen (secondary N) is 1. The lowest BCUT2D eigenvalue weighted by Crippen LogP contribution is -2.41. The minimum Gasteiger partial charge on any atom is -0.491 e. The highest BCUT2D eigenvalue weighted by Gasteiger charge is 2.30. The molecule has 0 unspecified atom stereocenters. The van der Waals surface area contributed by atoms with Crippen LogP contribution in [0.4, 0.5) is 10.1 Å². The van der Waals surface area contributed by atoms with E-state index in [1.54, 1.807) is 24.0 Å². The van der Waals surface area contributed by atoms with Crippen LogP contribution >= 0.6 is 0 Å². The fourth-order valence-corrected chi connectivity index (χ4v) is 5.52. The summed E-state index contributed by atoms with van der Waals surface area (Å²) in [5.41, 5.74) is 3.15. The molecule has 2 aromatic rings. The molecular formula is C28H35FN4O3. The van der Waals surface area contributed by atoms with Crippen LogP contribution in [0, 0.1) is 5.82 Å². The minimum atomic E-state index is -0.550. The van der Waals surface area contributed by atoms with Crippen molar-refractivity contribution in [3.05, 3.63) is 58.9 Å². The zero-order chi connectivity index (χ0) is 25.1. The Kier molecular flexibility index (Phi) is 7.41. The number of halogens is 1. The summed E-state index contributed by atoms with van der Waals surface area (Å²) in [7, 11) is 0. The Balaban J connectivity index is 1.20. The second-order valence-electron chi connectivity index (χ2n) is 10.0. The zero-order valence-corrected chi connectivity index (χ0v) is 21.0. The lowest BCUT2D eigenvalue weighted by Gasteiger charge is -2.32. The Labute approximate surface area is 212 Å². The van der Waals surface area contributed by atoms with Crippen LogP contribution in [0.5, 0.6) is 5.75 Å². The van der Waals surface area contributed by atoms with E-state index in [9.17, 15) is 9.59 Å². The van der Waals surface area contributed by atoms with Crippen LogP contribution in [0.15, 0.2) is 36.4 Å². The number of piperidine rings is 1. The number of hydrogen-bond acceptors (Lipinski definition) is 5. The summed E-state index contributed by atoms with van der Waals surface area (Å²) in [6, 6.07) is 12.0. The van der Waals surface area contributed by atoms with Gasteiger partial charge in [0, 0.05) is 52.2 Å². The lowest BCUT2D eigenvalue weighted by atomic mass is 10.00. The molecule has 3 aliphatic heterocycles. The normalized spacial score (nSPS) is 18.8. The Morgan fingerprint density at radius 1 is 1.06 bits per heavy atom. The Morgan fingerprint density at radius 3 is 2.61 bits per heavy atom. The summed E-state index contributed by atoms with van der Waals surface area (Å²) in [4.78, 5) is 30.9. The van der Waals surface area contributed by atoms with Crippen LogP contribution in [0.2, 0.25) is 0 Å². The highest BCUT2D eigenvalue weighted by Crippen LogP contribution is 2.32. The molecule has 0 atom stereocenters. The summed E-state index contributed by atoms with van der Waals surface area (Å²) in [6.07, 6.45) is 3.37. The van der Waals surface area contributed by atoms with Gasteiger partial charge in [0.2, 0.25) is 5.91 Å². The molecule has 1 saturated heterocycles. The third kappa shape index (κ3) is 5.33. The molecule has 2 amide bonds. The maximum absolute atomic E-state index is 15.6. The van der Waals surface area contributed by atoms with Gasteiger partial charge in [0.1, 0.15) is 17.9 Å². The predicted octanol–water partition coefficient (Wildman–Crippen LogP) is 3.53. The number of amides is 2. The van der Waals surface area contributed by atoms with Crippen LogP contribution in [0.1, 0.15) is 47.7 Å². The molecule has 192 valence electrons. The van der Waals surface area contributed by atoms with Crippen molar-refractivity contribution in [3.8, 4) is 5.75 Å². The first-order valence-electron chi connectivity index (χ1n) is 13.1. The van der Waals surface area contributed by atoms with Crippen LogP contribution in [0.25, 0.3) is 0 Å². The molecule has 3 aliphatic rings. The Morgan fingerprint density at radius 2 is 1.83 bits per heavy atom. The van der Waals surface area contributed by atoms with Crippen molar-refractivity contribution in [3.63, 3.8) is 0 Å². The predicted molar refractivity (Wildman–Crippen MR) is 137 cm³/mol. The first-order valence-corrected chi connectivity index (χ1v) is 13.1. The van der Waals surface area contributed by atoms with Crippen molar-refractivity contribution in [1.29, 1.82) is 0 Å².